The third-order valence-electron chi connectivity index (χ3n) is 11.1. The predicted octanol–water partition coefficient (Wildman–Crippen LogP) is 7.61. The van der Waals surface area contributed by atoms with Crippen molar-refractivity contribution < 1.29 is 41.3 Å². The van der Waals surface area contributed by atoms with Gasteiger partial charge < -0.3 is 23.8 Å². The molecule has 57 heavy (non-hydrogen) atoms. The van der Waals surface area contributed by atoms with E-state index in [1.54, 1.807) is 11.0 Å². The number of ether oxygens (including phenoxy) is 4. The maximum atomic E-state index is 17.4. The second-order valence-corrected chi connectivity index (χ2v) is 16.2. The van der Waals surface area contributed by atoms with Crippen molar-refractivity contribution in [3.8, 4) is 35.4 Å². The third kappa shape index (κ3) is 6.99. The van der Waals surface area contributed by atoms with E-state index in [4.69, 9.17) is 30.4 Å². The number of hydrogen-bond donors (Lipinski definition) is 0. The van der Waals surface area contributed by atoms with Crippen LogP contribution in [0.25, 0.3) is 32.9 Å². The van der Waals surface area contributed by atoms with Crippen LogP contribution in [0.4, 0.5) is 28.2 Å². The topological polar surface area (TPSA) is 102 Å². The van der Waals surface area contributed by atoms with Crippen LogP contribution in [0.2, 0.25) is 0 Å². The van der Waals surface area contributed by atoms with Gasteiger partial charge >= 0.3 is 12.1 Å². The van der Waals surface area contributed by atoms with E-state index >= 15 is 8.78 Å². The number of carbonyl (C=O) groups excluding carboxylic acids is 1. The zero-order valence-corrected chi connectivity index (χ0v) is 32.1. The van der Waals surface area contributed by atoms with Crippen LogP contribution >= 0.6 is 0 Å². The highest BCUT2D eigenvalue weighted by Crippen LogP contribution is 2.45. The number of hydrogen-bond acceptors (Lipinski definition) is 10. The lowest BCUT2D eigenvalue weighted by Gasteiger charge is -2.42. The summed E-state index contributed by atoms with van der Waals surface area (Å²) in [5.74, 6) is 1.51. The van der Waals surface area contributed by atoms with Crippen LogP contribution in [-0.2, 0) is 9.47 Å². The first-order valence-electron chi connectivity index (χ1n) is 18.7. The number of piperazine rings is 1. The van der Waals surface area contributed by atoms with Gasteiger partial charge in [-0.25, -0.2) is 13.6 Å². The van der Waals surface area contributed by atoms with E-state index in [-0.39, 0.29) is 83.1 Å². The number of methoxy groups -OCH3 is 1. The Morgan fingerprint density at radius 3 is 2.51 bits per heavy atom. The molecule has 8 rings (SSSR count). The molecule has 0 aliphatic carbocycles. The lowest BCUT2D eigenvalue weighted by atomic mass is 9.92. The Morgan fingerprint density at radius 2 is 1.82 bits per heavy atom. The Morgan fingerprint density at radius 1 is 1.07 bits per heavy atom. The Balaban J connectivity index is 1.25. The maximum Gasteiger partial charge on any atom is 0.410 e. The predicted molar refractivity (Wildman–Crippen MR) is 205 cm³/mol. The molecule has 1 amide bonds. The van der Waals surface area contributed by atoms with Gasteiger partial charge in [0.2, 0.25) is 0 Å². The van der Waals surface area contributed by atoms with Gasteiger partial charge in [-0.15, -0.1) is 6.42 Å². The van der Waals surface area contributed by atoms with Crippen LogP contribution in [-0.4, -0.2) is 101 Å². The number of nitrogens with zero attached hydrogens (tertiary/aromatic N) is 6. The summed E-state index contributed by atoms with van der Waals surface area (Å²) in [6, 6.07) is 5.33. The van der Waals surface area contributed by atoms with Gasteiger partial charge in [0, 0.05) is 56.0 Å². The van der Waals surface area contributed by atoms with Gasteiger partial charge in [-0.3, -0.25) is 14.8 Å². The Bertz CT molecular complexity index is 2380. The molecule has 0 spiro atoms. The molecule has 0 N–H and O–H groups in total. The molecule has 15 heteroatoms. The van der Waals surface area contributed by atoms with Gasteiger partial charge in [0.25, 0.3) is 6.08 Å². The molecular weight excluding hydrogens is 744 g/mol. The van der Waals surface area contributed by atoms with Crippen LogP contribution in [0.1, 0.15) is 52.0 Å². The molecule has 6 heterocycles. The second kappa shape index (κ2) is 14.5. The Kier molecular flexibility index (Phi) is 9.76. The summed E-state index contributed by atoms with van der Waals surface area (Å²) in [5.41, 5.74) is -0.774. The van der Waals surface area contributed by atoms with Gasteiger partial charge in [-0.2, -0.15) is 18.7 Å². The van der Waals surface area contributed by atoms with Crippen molar-refractivity contribution in [3.63, 3.8) is 0 Å². The molecule has 4 aliphatic rings. The molecule has 4 saturated heterocycles. The van der Waals surface area contributed by atoms with E-state index in [1.807, 2.05) is 30.6 Å². The first-order chi connectivity index (χ1) is 27.2. The third-order valence-corrected chi connectivity index (χ3v) is 11.1. The smallest absolute Gasteiger partial charge is 0.410 e. The van der Waals surface area contributed by atoms with Gasteiger partial charge in [-0.1, -0.05) is 24.1 Å². The number of amides is 1. The Labute approximate surface area is 327 Å². The largest absolute Gasteiger partial charge is 0.468 e. The molecule has 0 radical (unpaired) electrons. The van der Waals surface area contributed by atoms with Gasteiger partial charge in [0.05, 0.1) is 28.6 Å². The molecule has 4 aliphatic heterocycles. The second-order valence-electron chi connectivity index (χ2n) is 16.2. The molecule has 1 unspecified atom stereocenters. The number of halogens is 4. The van der Waals surface area contributed by atoms with Gasteiger partial charge in [-0.05, 0) is 70.0 Å². The molecule has 2 bridgehead atoms. The Hall–Kier alpha value is -5.46. The molecule has 11 nitrogen and oxygen atoms in total. The van der Waals surface area contributed by atoms with Crippen molar-refractivity contribution >= 4 is 33.6 Å². The van der Waals surface area contributed by atoms with Gasteiger partial charge in [0.1, 0.15) is 40.8 Å². The standard InChI is InChI=1S/C42H42F4N6O5/c1-7-29-32(43)11-8-24-12-28(56-22-54-6)13-30(33(24)29)35-34(44)36-31(16-47-35)38(50-19-26-9-10-27(20-50)52(26)40(53)57-41(3,4)5)49-39(48-36)55-21-42-14-23(2)17-51(42)18-25(15-42)37(45)46/h1,8,11-13,16,26-27H,2,9-10,14-15,17-22H2,3-6H3/t26-,27+,42?. The molecule has 4 fully saturated rings. The average molecular weight is 787 g/mol. The van der Waals surface area contributed by atoms with E-state index in [2.05, 4.69) is 22.5 Å². The van der Waals surface area contributed by atoms with E-state index in [1.165, 1.54) is 31.5 Å². The molecule has 298 valence electrons. The number of fused-ring (bicyclic) bond motifs is 5. The van der Waals surface area contributed by atoms with E-state index in [9.17, 15) is 13.6 Å². The molecule has 2 aromatic carbocycles. The SMILES string of the molecule is C#Cc1c(F)ccc2cc(OCOC)cc(-c3ncc4c(N5C[C@H]6CC[C@@H](C5)N6C(=O)OC(C)(C)C)nc(OCC56CC(=C)CN5CC(=C(F)F)C6)nc4c3F)c12. The minimum Gasteiger partial charge on any atom is -0.468 e. The zero-order valence-electron chi connectivity index (χ0n) is 32.1. The summed E-state index contributed by atoms with van der Waals surface area (Å²) in [6.45, 7) is 10.7. The van der Waals surface area contributed by atoms with Crippen LogP contribution in [0, 0.1) is 24.0 Å². The summed E-state index contributed by atoms with van der Waals surface area (Å²) in [4.78, 5) is 33.0. The van der Waals surface area contributed by atoms with Crippen molar-refractivity contribution in [2.24, 2.45) is 0 Å². The monoisotopic (exact) mass is 786 g/mol. The lowest BCUT2D eigenvalue weighted by molar-refractivity contribution is 0.0122. The molecule has 2 aromatic heterocycles. The minimum absolute atomic E-state index is 0.0398. The number of benzene rings is 2. The van der Waals surface area contributed by atoms with Crippen LogP contribution < -0.4 is 14.4 Å². The lowest BCUT2D eigenvalue weighted by Crippen LogP contribution is -2.57. The maximum absolute atomic E-state index is 17.4. The van der Waals surface area contributed by atoms with E-state index in [0.29, 0.717) is 43.0 Å². The fraction of sp³-hybridized carbons (Fsp3) is 0.429. The normalized spacial score (nSPS) is 22.0. The number of carbonyl (C=O) groups is 1. The summed E-state index contributed by atoms with van der Waals surface area (Å²) < 4.78 is 83.1. The first kappa shape index (κ1) is 38.4. The quantitative estimate of drug-likeness (QED) is 0.0768. The molecular formula is C42H42F4N6O5. The van der Waals surface area contributed by atoms with Crippen LogP contribution in [0.3, 0.4) is 0 Å². The number of pyridine rings is 1. The summed E-state index contributed by atoms with van der Waals surface area (Å²) in [7, 11) is 1.46. The summed E-state index contributed by atoms with van der Waals surface area (Å²) >= 11 is 0. The average Bonchev–Trinajstić information content (AvgIpc) is 3.76. The number of terminal acetylenes is 1. The molecule has 0 saturated carbocycles. The first-order valence-corrected chi connectivity index (χ1v) is 18.7. The number of aromatic nitrogens is 3. The van der Waals surface area contributed by atoms with Crippen molar-refractivity contribution in [1.82, 2.24) is 24.8 Å². The summed E-state index contributed by atoms with van der Waals surface area (Å²) in [5, 5.41) is 1.00. The highest BCUT2D eigenvalue weighted by atomic mass is 19.3. The van der Waals surface area contributed by atoms with E-state index < -0.39 is 34.9 Å². The summed E-state index contributed by atoms with van der Waals surface area (Å²) in [6.07, 6.45) is 7.12. The fourth-order valence-corrected chi connectivity index (χ4v) is 8.83. The fourth-order valence-electron chi connectivity index (χ4n) is 8.83. The molecule has 3 atom stereocenters. The number of anilines is 1. The minimum atomic E-state index is -1.71. The zero-order chi connectivity index (χ0) is 40.4. The molecule has 4 aromatic rings. The van der Waals surface area contributed by atoms with Gasteiger partial charge in [0.15, 0.2) is 12.6 Å². The number of rotatable bonds is 8. The van der Waals surface area contributed by atoms with Crippen molar-refractivity contribution in [1.29, 1.82) is 0 Å². The highest BCUT2D eigenvalue weighted by Gasteiger charge is 2.50. The van der Waals surface area contributed by atoms with Crippen molar-refractivity contribution in [2.45, 2.75) is 69.7 Å². The van der Waals surface area contributed by atoms with Crippen LogP contribution in [0.15, 0.2) is 54.3 Å². The van der Waals surface area contributed by atoms with E-state index in [0.717, 1.165) is 18.4 Å². The highest BCUT2D eigenvalue weighted by molar-refractivity contribution is 6.03. The van der Waals surface area contributed by atoms with Crippen LogP contribution in [0.5, 0.6) is 11.8 Å². The van der Waals surface area contributed by atoms with Crippen molar-refractivity contribution in [3.05, 3.63) is 71.5 Å². The van der Waals surface area contributed by atoms with Crippen molar-refractivity contribution in [2.75, 3.05) is 51.6 Å².